The Labute approximate surface area is 200 Å². The summed E-state index contributed by atoms with van der Waals surface area (Å²) in [5.74, 6) is -0.283. The summed E-state index contributed by atoms with van der Waals surface area (Å²) in [4.78, 5) is 27.7. The third-order valence-corrected chi connectivity index (χ3v) is 5.54. The SMILES string of the molecule is CCCOc1ccc(/C(O)=C2/C(=O)C(=O)N(CCCOC(C)C)C2c2cccc(OC)c2)cc1. The van der Waals surface area contributed by atoms with Gasteiger partial charge in [-0.05, 0) is 68.7 Å². The van der Waals surface area contributed by atoms with Crippen LogP contribution in [-0.2, 0) is 14.3 Å². The van der Waals surface area contributed by atoms with Crippen molar-refractivity contribution in [2.75, 3.05) is 26.9 Å². The van der Waals surface area contributed by atoms with Crippen LogP contribution in [0, 0.1) is 0 Å². The van der Waals surface area contributed by atoms with Gasteiger partial charge in [-0.25, -0.2) is 0 Å². The molecule has 182 valence electrons. The summed E-state index contributed by atoms with van der Waals surface area (Å²) in [6, 6.07) is 13.3. The number of Topliss-reactive ketones (excluding diaryl/α,β-unsaturated/α-hetero) is 1. The van der Waals surface area contributed by atoms with E-state index in [1.807, 2.05) is 26.8 Å². The second-order valence-electron chi connectivity index (χ2n) is 8.42. The number of rotatable bonds is 11. The van der Waals surface area contributed by atoms with Crippen LogP contribution in [0.4, 0.5) is 0 Å². The van der Waals surface area contributed by atoms with E-state index in [1.54, 1.807) is 49.6 Å². The quantitative estimate of drug-likeness (QED) is 0.223. The van der Waals surface area contributed by atoms with Crippen molar-refractivity contribution in [1.82, 2.24) is 4.90 Å². The Morgan fingerprint density at radius 2 is 1.79 bits per heavy atom. The van der Waals surface area contributed by atoms with E-state index in [4.69, 9.17) is 14.2 Å². The van der Waals surface area contributed by atoms with E-state index in [9.17, 15) is 14.7 Å². The van der Waals surface area contributed by atoms with Gasteiger partial charge in [0.15, 0.2) is 0 Å². The number of hydrogen-bond donors (Lipinski definition) is 1. The molecule has 0 spiro atoms. The standard InChI is InChI=1S/C27H33NO6/c1-5-15-34-21-12-10-19(11-13-21)25(29)23-24(20-8-6-9-22(17-20)32-4)28(27(31)26(23)30)14-7-16-33-18(2)3/h6,8-13,17-18,24,29H,5,7,14-16H2,1-4H3/b25-23-. The lowest BCUT2D eigenvalue weighted by Crippen LogP contribution is -2.31. The molecule has 1 N–H and O–H groups in total. The number of ketones is 1. The fourth-order valence-corrected chi connectivity index (χ4v) is 3.91. The van der Waals surface area contributed by atoms with Gasteiger partial charge in [0.2, 0.25) is 0 Å². The molecule has 0 saturated carbocycles. The monoisotopic (exact) mass is 467 g/mol. The number of likely N-dealkylation sites (tertiary alicyclic amines) is 1. The van der Waals surface area contributed by atoms with Gasteiger partial charge in [0.1, 0.15) is 17.3 Å². The molecule has 1 heterocycles. The number of benzene rings is 2. The van der Waals surface area contributed by atoms with Crippen molar-refractivity contribution in [3.05, 3.63) is 65.2 Å². The highest BCUT2D eigenvalue weighted by Crippen LogP contribution is 2.40. The van der Waals surface area contributed by atoms with Gasteiger partial charge in [-0.2, -0.15) is 0 Å². The Kier molecular flexibility index (Phi) is 8.71. The highest BCUT2D eigenvalue weighted by molar-refractivity contribution is 6.46. The van der Waals surface area contributed by atoms with Crippen molar-refractivity contribution in [2.45, 2.75) is 45.8 Å². The van der Waals surface area contributed by atoms with Gasteiger partial charge in [0.25, 0.3) is 11.7 Å². The summed E-state index contributed by atoms with van der Waals surface area (Å²) < 4.78 is 16.6. The van der Waals surface area contributed by atoms with Gasteiger partial charge in [0, 0.05) is 18.7 Å². The Morgan fingerprint density at radius 1 is 1.06 bits per heavy atom. The second-order valence-corrected chi connectivity index (χ2v) is 8.42. The molecule has 0 aliphatic carbocycles. The molecule has 2 aromatic carbocycles. The lowest BCUT2D eigenvalue weighted by atomic mass is 9.95. The van der Waals surface area contributed by atoms with Gasteiger partial charge in [0.05, 0.1) is 31.4 Å². The fourth-order valence-electron chi connectivity index (χ4n) is 3.91. The van der Waals surface area contributed by atoms with Crippen LogP contribution in [-0.4, -0.2) is 54.7 Å². The van der Waals surface area contributed by atoms with Crippen LogP contribution in [0.15, 0.2) is 54.1 Å². The van der Waals surface area contributed by atoms with Crippen molar-refractivity contribution in [2.24, 2.45) is 0 Å². The summed E-state index contributed by atoms with van der Waals surface area (Å²) in [5.41, 5.74) is 1.19. The van der Waals surface area contributed by atoms with E-state index in [-0.39, 0.29) is 17.4 Å². The molecule has 1 atom stereocenters. The number of aliphatic hydroxyl groups is 1. The van der Waals surface area contributed by atoms with Crippen LogP contribution >= 0.6 is 0 Å². The maximum absolute atomic E-state index is 13.1. The Morgan fingerprint density at radius 3 is 2.44 bits per heavy atom. The molecular formula is C27H33NO6. The summed E-state index contributed by atoms with van der Waals surface area (Å²) >= 11 is 0. The lowest BCUT2D eigenvalue weighted by Gasteiger charge is -2.25. The zero-order valence-electron chi connectivity index (χ0n) is 20.2. The summed E-state index contributed by atoms with van der Waals surface area (Å²) in [6.07, 6.45) is 1.53. The topological polar surface area (TPSA) is 85.3 Å². The minimum atomic E-state index is -0.731. The van der Waals surface area contributed by atoms with E-state index < -0.39 is 17.7 Å². The zero-order valence-corrected chi connectivity index (χ0v) is 20.2. The molecule has 1 unspecified atom stereocenters. The van der Waals surface area contributed by atoms with E-state index in [0.717, 1.165) is 6.42 Å². The Bertz CT molecular complexity index is 1030. The zero-order chi connectivity index (χ0) is 24.7. The van der Waals surface area contributed by atoms with Crippen molar-refractivity contribution in [1.29, 1.82) is 0 Å². The number of hydrogen-bond acceptors (Lipinski definition) is 6. The normalized spacial score (nSPS) is 17.4. The molecule has 7 nitrogen and oxygen atoms in total. The molecule has 3 rings (SSSR count). The lowest BCUT2D eigenvalue weighted by molar-refractivity contribution is -0.140. The largest absolute Gasteiger partial charge is 0.507 e. The number of amides is 1. The van der Waals surface area contributed by atoms with Crippen LogP contribution in [0.5, 0.6) is 11.5 Å². The van der Waals surface area contributed by atoms with Crippen molar-refractivity contribution >= 4 is 17.4 Å². The Hall–Kier alpha value is -3.32. The molecule has 34 heavy (non-hydrogen) atoms. The summed E-state index contributed by atoms with van der Waals surface area (Å²) in [5, 5.41) is 11.2. The van der Waals surface area contributed by atoms with Crippen LogP contribution in [0.3, 0.4) is 0 Å². The third-order valence-electron chi connectivity index (χ3n) is 5.54. The number of nitrogens with zero attached hydrogens (tertiary/aromatic N) is 1. The number of ether oxygens (including phenoxy) is 3. The van der Waals surface area contributed by atoms with E-state index >= 15 is 0 Å². The average Bonchev–Trinajstić information content (AvgIpc) is 3.10. The molecule has 0 radical (unpaired) electrons. The number of carbonyl (C=O) groups excluding carboxylic acids is 2. The highest BCUT2D eigenvalue weighted by atomic mass is 16.5. The molecule has 1 aliphatic rings. The molecule has 1 amide bonds. The molecule has 1 saturated heterocycles. The van der Waals surface area contributed by atoms with E-state index in [2.05, 4.69) is 0 Å². The second kappa shape index (κ2) is 11.7. The summed E-state index contributed by atoms with van der Waals surface area (Å²) in [7, 11) is 1.56. The molecule has 0 bridgehead atoms. The molecule has 1 aliphatic heterocycles. The molecule has 2 aromatic rings. The predicted octanol–water partition coefficient (Wildman–Crippen LogP) is 4.72. The van der Waals surface area contributed by atoms with Gasteiger partial charge >= 0.3 is 0 Å². The van der Waals surface area contributed by atoms with E-state index in [1.165, 1.54) is 4.90 Å². The van der Waals surface area contributed by atoms with Gasteiger partial charge in [-0.3, -0.25) is 9.59 Å². The maximum Gasteiger partial charge on any atom is 0.295 e. The van der Waals surface area contributed by atoms with Crippen LogP contribution in [0.1, 0.15) is 50.8 Å². The molecule has 0 aromatic heterocycles. The van der Waals surface area contributed by atoms with Crippen molar-refractivity contribution < 1.29 is 28.9 Å². The van der Waals surface area contributed by atoms with E-state index in [0.29, 0.717) is 48.8 Å². The molecule has 7 heteroatoms. The van der Waals surface area contributed by atoms with Crippen LogP contribution in [0.25, 0.3) is 5.76 Å². The number of carbonyl (C=O) groups is 2. The minimum absolute atomic E-state index is 0.0604. The first-order valence-electron chi connectivity index (χ1n) is 11.6. The highest BCUT2D eigenvalue weighted by Gasteiger charge is 2.45. The molecule has 1 fully saturated rings. The van der Waals surface area contributed by atoms with Gasteiger partial charge < -0.3 is 24.2 Å². The number of methoxy groups -OCH3 is 1. The third kappa shape index (κ3) is 5.78. The van der Waals surface area contributed by atoms with Crippen LogP contribution in [0.2, 0.25) is 0 Å². The molecular weight excluding hydrogens is 434 g/mol. The smallest absolute Gasteiger partial charge is 0.295 e. The Balaban J connectivity index is 2.00. The maximum atomic E-state index is 13.1. The van der Waals surface area contributed by atoms with Crippen molar-refractivity contribution in [3.8, 4) is 11.5 Å². The minimum Gasteiger partial charge on any atom is -0.507 e. The van der Waals surface area contributed by atoms with Gasteiger partial charge in [-0.15, -0.1) is 0 Å². The first kappa shape index (κ1) is 25.3. The van der Waals surface area contributed by atoms with Crippen molar-refractivity contribution in [3.63, 3.8) is 0 Å². The first-order chi connectivity index (χ1) is 16.4. The fraction of sp³-hybridized carbons (Fsp3) is 0.407. The van der Waals surface area contributed by atoms with Gasteiger partial charge in [-0.1, -0.05) is 19.1 Å². The van der Waals surface area contributed by atoms with Crippen LogP contribution < -0.4 is 9.47 Å². The first-order valence-corrected chi connectivity index (χ1v) is 11.6. The predicted molar refractivity (Wildman–Crippen MR) is 130 cm³/mol. The average molecular weight is 468 g/mol. The number of aliphatic hydroxyl groups excluding tert-OH is 1. The summed E-state index contributed by atoms with van der Waals surface area (Å²) in [6.45, 7) is 7.28.